The number of nitrogens with zero attached hydrogens (tertiary/aromatic N) is 3. The summed E-state index contributed by atoms with van der Waals surface area (Å²) in [7, 11) is 0. The van der Waals surface area contributed by atoms with Crippen LogP contribution >= 0.6 is 0 Å². The lowest BCUT2D eigenvalue weighted by Crippen LogP contribution is -2.52. The van der Waals surface area contributed by atoms with Crippen molar-refractivity contribution in [2.45, 2.75) is 18.9 Å². The summed E-state index contributed by atoms with van der Waals surface area (Å²) in [5.41, 5.74) is 6.92. The van der Waals surface area contributed by atoms with Gasteiger partial charge in [0.1, 0.15) is 5.82 Å². The zero-order valence-electron chi connectivity index (χ0n) is 13.5. The first kappa shape index (κ1) is 16.2. The summed E-state index contributed by atoms with van der Waals surface area (Å²) < 4.78 is 13.0. The number of hydrogen-bond acceptors (Lipinski definition) is 4. The van der Waals surface area contributed by atoms with Crippen LogP contribution in [-0.2, 0) is 4.79 Å². The third-order valence-corrected chi connectivity index (χ3v) is 4.82. The number of benzene rings is 1. The van der Waals surface area contributed by atoms with Gasteiger partial charge in [-0.3, -0.25) is 9.69 Å². The molecule has 0 saturated carbocycles. The molecule has 0 spiro atoms. The zero-order valence-corrected chi connectivity index (χ0v) is 13.5. The smallest absolute Gasteiger partial charge is 0.236 e. The molecule has 2 aliphatic rings. The van der Waals surface area contributed by atoms with Crippen molar-refractivity contribution in [3.63, 3.8) is 0 Å². The van der Waals surface area contributed by atoms with Crippen LogP contribution in [0.2, 0.25) is 0 Å². The average Bonchev–Trinajstić information content (AvgIpc) is 2.58. The molecule has 0 aromatic heterocycles. The molecular formula is C17H25FN4O. The Balaban J connectivity index is 1.46. The predicted molar refractivity (Wildman–Crippen MR) is 88.8 cm³/mol. The van der Waals surface area contributed by atoms with Crippen molar-refractivity contribution in [3.8, 4) is 0 Å². The van der Waals surface area contributed by atoms with Gasteiger partial charge in [0, 0.05) is 51.0 Å². The Labute approximate surface area is 136 Å². The fourth-order valence-corrected chi connectivity index (χ4v) is 3.27. The lowest BCUT2D eigenvalue weighted by molar-refractivity contribution is -0.133. The number of likely N-dealkylation sites (tertiary alicyclic amines) is 1. The number of hydrogen-bond donors (Lipinski definition) is 1. The summed E-state index contributed by atoms with van der Waals surface area (Å²) in [6, 6.07) is 6.84. The SMILES string of the molecule is NC1CCN(CC(=O)N2CCN(c3ccc(F)cc3)CC2)CC1. The van der Waals surface area contributed by atoms with Crippen molar-refractivity contribution in [2.75, 3.05) is 50.7 Å². The Bertz CT molecular complexity index is 520. The minimum absolute atomic E-state index is 0.208. The van der Waals surface area contributed by atoms with Gasteiger partial charge >= 0.3 is 0 Å². The number of rotatable bonds is 3. The number of amides is 1. The van der Waals surface area contributed by atoms with E-state index in [2.05, 4.69) is 9.80 Å². The Morgan fingerprint density at radius 1 is 1.04 bits per heavy atom. The lowest BCUT2D eigenvalue weighted by Gasteiger charge is -2.37. The molecule has 0 aliphatic carbocycles. The largest absolute Gasteiger partial charge is 0.368 e. The van der Waals surface area contributed by atoms with Crippen molar-refractivity contribution in [3.05, 3.63) is 30.1 Å². The summed E-state index contributed by atoms with van der Waals surface area (Å²) >= 11 is 0. The number of carbonyl (C=O) groups excluding carboxylic acids is 1. The molecule has 1 aromatic carbocycles. The first-order valence-corrected chi connectivity index (χ1v) is 8.38. The second-order valence-corrected chi connectivity index (χ2v) is 6.46. The van der Waals surface area contributed by atoms with Crippen molar-refractivity contribution >= 4 is 11.6 Å². The van der Waals surface area contributed by atoms with Crippen molar-refractivity contribution in [1.82, 2.24) is 9.80 Å². The quantitative estimate of drug-likeness (QED) is 0.899. The van der Waals surface area contributed by atoms with Gasteiger partial charge in [0.25, 0.3) is 0 Å². The van der Waals surface area contributed by atoms with Gasteiger partial charge in [0.2, 0.25) is 5.91 Å². The van der Waals surface area contributed by atoms with Crippen LogP contribution in [0.1, 0.15) is 12.8 Å². The van der Waals surface area contributed by atoms with Gasteiger partial charge in [-0.15, -0.1) is 0 Å². The first-order valence-electron chi connectivity index (χ1n) is 8.38. The Morgan fingerprint density at radius 2 is 1.65 bits per heavy atom. The third-order valence-electron chi connectivity index (χ3n) is 4.82. The minimum atomic E-state index is -0.219. The van der Waals surface area contributed by atoms with E-state index >= 15 is 0 Å². The van der Waals surface area contributed by atoms with E-state index in [9.17, 15) is 9.18 Å². The molecule has 3 rings (SSSR count). The summed E-state index contributed by atoms with van der Waals surface area (Å²) in [5, 5.41) is 0. The summed E-state index contributed by atoms with van der Waals surface area (Å²) in [4.78, 5) is 18.8. The van der Waals surface area contributed by atoms with Crippen LogP contribution in [0.4, 0.5) is 10.1 Å². The molecule has 23 heavy (non-hydrogen) atoms. The fourth-order valence-electron chi connectivity index (χ4n) is 3.27. The molecule has 126 valence electrons. The number of carbonyl (C=O) groups is 1. The minimum Gasteiger partial charge on any atom is -0.368 e. The van der Waals surface area contributed by atoms with Gasteiger partial charge in [0.15, 0.2) is 0 Å². The van der Waals surface area contributed by atoms with E-state index in [4.69, 9.17) is 5.73 Å². The maximum Gasteiger partial charge on any atom is 0.236 e. The lowest BCUT2D eigenvalue weighted by atomic mass is 10.1. The molecule has 2 aliphatic heterocycles. The van der Waals surface area contributed by atoms with Crippen LogP contribution in [0.5, 0.6) is 0 Å². The topological polar surface area (TPSA) is 52.8 Å². The van der Waals surface area contributed by atoms with Crippen molar-refractivity contribution < 1.29 is 9.18 Å². The molecule has 1 amide bonds. The fraction of sp³-hybridized carbons (Fsp3) is 0.588. The zero-order chi connectivity index (χ0) is 16.2. The molecule has 0 radical (unpaired) electrons. The van der Waals surface area contributed by atoms with Crippen LogP contribution in [0.25, 0.3) is 0 Å². The molecule has 2 saturated heterocycles. The van der Waals surface area contributed by atoms with E-state index in [1.165, 1.54) is 12.1 Å². The number of halogens is 1. The van der Waals surface area contributed by atoms with E-state index in [0.29, 0.717) is 12.6 Å². The van der Waals surface area contributed by atoms with E-state index in [-0.39, 0.29) is 11.7 Å². The van der Waals surface area contributed by atoms with Crippen molar-refractivity contribution in [1.29, 1.82) is 0 Å². The molecule has 5 nitrogen and oxygen atoms in total. The van der Waals surface area contributed by atoms with Crippen molar-refractivity contribution in [2.24, 2.45) is 5.73 Å². The number of piperazine rings is 1. The molecule has 0 unspecified atom stereocenters. The highest BCUT2D eigenvalue weighted by molar-refractivity contribution is 5.78. The first-order chi connectivity index (χ1) is 11.1. The third kappa shape index (κ3) is 4.20. The number of nitrogens with two attached hydrogens (primary N) is 1. The average molecular weight is 320 g/mol. The molecule has 2 heterocycles. The predicted octanol–water partition coefficient (Wildman–Crippen LogP) is 0.897. The highest BCUT2D eigenvalue weighted by Gasteiger charge is 2.24. The second-order valence-electron chi connectivity index (χ2n) is 6.46. The molecule has 0 atom stereocenters. The second kappa shape index (κ2) is 7.27. The van der Waals surface area contributed by atoms with E-state index in [0.717, 1.165) is 57.8 Å². The van der Waals surface area contributed by atoms with Crippen LogP contribution < -0.4 is 10.6 Å². The normalized spacial score (nSPS) is 20.8. The van der Waals surface area contributed by atoms with Gasteiger partial charge in [0.05, 0.1) is 6.54 Å². The molecule has 0 bridgehead atoms. The molecule has 2 N–H and O–H groups in total. The highest BCUT2D eigenvalue weighted by atomic mass is 19.1. The van der Waals surface area contributed by atoms with Gasteiger partial charge in [-0.05, 0) is 37.1 Å². The maximum absolute atomic E-state index is 13.0. The van der Waals surface area contributed by atoms with Gasteiger partial charge in [-0.1, -0.05) is 0 Å². The summed E-state index contributed by atoms with van der Waals surface area (Å²) in [5.74, 6) is -0.0111. The highest BCUT2D eigenvalue weighted by Crippen LogP contribution is 2.17. The van der Waals surface area contributed by atoms with E-state index in [1.807, 2.05) is 4.90 Å². The Morgan fingerprint density at radius 3 is 2.26 bits per heavy atom. The standard InChI is InChI=1S/C17H25FN4O/c18-14-1-3-16(4-2-14)21-9-11-22(12-10-21)17(23)13-20-7-5-15(19)6-8-20/h1-4,15H,5-13,19H2. The molecule has 1 aromatic rings. The van der Waals surface area contributed by atoms with Crippen LogP contribution in [0, 0.1) is 5.82 Å². The van der Waals surface area contributed by atoms with Gasteiger partial charge < -0.3 is 15.5 Å². The van der Waals surface area contributed by atoms with E-state index in [1.54, 1.807) is 12.1 Å². The number of anilines is 1. The van der Waals surface area contributed by atoms with Crippen LogP contribution in [0.15, 0.2) is 24.3 Å². The maximum atomic E-state index is 13.0. The van der Waals surface area contributed by atoms with Crippen LogP contribution in [0.3, 0.4) is 0 Å². The molecule has 6 heteroatoms. The van der Waals surface area contributed by atoms with Gasteiger partial charge in [-0.2, -0.15) is 0 Å². The molecule has 2 fully saturated rings. The van der Waals surface area contributed by atoms with E-state index < -0.39 is 0 Å². The summed E-state index contributed by atoms with van der Waals surface area (Å²) in [6.07, 6.45) is 1.96. The number of piperidine rings is 1. The Kier molecular flexibility index (Phi) is 5.13. The molecular weight excluding hydrogens is 295 g/mol. The van der Waals surface area contributed by atoms with Crippen LogP contribution in [-0.4, -0.2) is 67.6 Å². The Hall–Kier alpha value is -1.66. The van der Waals surface area contributed by atoms with Gasteiger partial charge in [-0.25, -0.2) is 4.39 Å². The summed E-state index contributed by atoms with van der Waals surface area (Å²) in [6.45, 7) is 5.38. The monoisotopic (exact) mass is 320 g/mol.